The number of hydrogen-bond donors (Lipinski definition) is 1. The van der Waals surface area contributed by atoms with E-state index in [4.69, 9.17) is 0 Å². The first-order chi connectivity index (χ1) is 8.66. The van der Waals surface area contributed by atoms with Crippen LogP contribution in [0.3, 0.4) is 0 Å². The summed E-state index contributed by atoms with van der Waals surface area (Å²) in [6.45, 7) is 6.56. The number of hydrogen-bond acceptors (Lipinski definition) is 1. The zero-order valence-electron chi connectivity index (χ0n) is 11.4. The summed E-state index contributed by atoms with van der Waals surface area (Å²) in [4.78, 5) is 7.95. The van der Waals surface area contributed by atoms with Crippen LogP contribution in [0.4, 0.5) is 0 Å². The fraction of sp³-hybridized carbons (Fsp3) is 0.438. The molecule has 0 spiro atoms. The van der Waals surface area contributed by atoms with Crippen molar-refractivity contribution < 1.29 is 0 Å². The molecule has 2 aromatic rings. The van der Waals surface area contributed by atoms with Crippen LogP contribution >= 0.6 is 0 Å². The zero-order chi connectivity index (χ0) is 12.7. The van der Waals surface area contributed by atoms with Crippen molar-refractivity contribution >= 4 is 0 Å². The van der Waals surface area contributed by atoms with Gasteiger partial charge >= 0.3 is 0 Å². The standard InChI is InChI=1S/C16H20N2/c1-10(2)16-17-9-15(18-16)14-8-7-11(3)12-5-4-6-13(12)14/h7-10H,4-6H2,1-3H3,(H,17,18). The Morgan fingerprint density at radius 2 is 1.94 bits per heavy atom. The topological polar surface area (TPSA) is 28.7 Å². The molecule has 0 unspecified atom stereocenters. The highest BCUT2D eigenvalue weighted by atomic mass is 14.9. The van der Waals surface area contributed by atoms with Gasteiger partial charge in [0.05, 0.1) is 11.9 Å². The van der Waals surface area contributed by atoms with Crippen LogP contribution in [0.15, 0.2) is 18.3 Å². The van der Waals surface area contributed by atoms with Crippen molar-refractivity contribution in [3.8, 4) is 11.3 Å². The molecule has 1 aliphatic carbocycles. The third-order valence-corrected chi connectivity index (χ3v) is 3.95. The summed E-state index contributed by atoms with van der Waals surface area (Å²) in [5.41, 5.74) is 7.07. The van der Waals surface area contributed by atoms with Crippen molar-refractivity contribution in [1.29, 1.82) is 0 Å². The van der Waals surface area contributed by atoms with Gasteiger partial charge in [0, 0.05) is 11.5 Å². The lowest BCUT2D eigenvalue weighted by atomic mass is 9.97. The third-order valence-electron chi connectivity index (χ3n) is 3.95. The molecule has 0 aliphatic heterocycles. The molecule has 18 heavy (non-hydrogen) atoms. The Hall–Kier alpha value is -1.57. The molecule has 94 valence electrons. The molecule has 2 nitrogen and oxygen atoms in total. The van der Waals surface area contributed by atoms with Crippen LogP contribution in [0.1, 0.15) is 48.7 Å². The summed E-state index contributed by atoms with van der Waals surface area (Å²) in [5.74, 6) is 1.54. The highest BCUT2D eigenvalue weighted by molar-refractivity contribution is 5.67. The smallest absolute Gasteiger partial charge is 0.109 e. The third kappa shape index (κ3) is 1.76. The number of H-pyrrole nitrogens is 1. The van der Waals surface area contributed by atoms with Gasteiger partial charge in [0.1, 0.15) is 5.82 Å². The van der Waals surface area contributed by atoms with Gasteiger partial charge in [-0.1, -0.05) is 26.0 Å². The van der Waals surface area contributed by atoms with Gasteiger partial charge in [0.15, 0.2) is 0 Å². The second-order valence-electron chi connectivity index (χ2n) is 5.58. The summed E-state index contributed by atoms with van der Waals surface area (Å²) in [7, 11) is 0. The Kier molecular flexibility index (Phi) is 2.73. The summed E-state index contributed by atoms with van der Waals surface area (Å²) >= 11 is 0. The number of aromatic nitrogens is 2. The van der Waals surface area contributed by atoms with Gasteiger partial charge in [0.2, 0.25) is 0 Å². The van der Waals surface area contributed by atoms with E-state index in [0.29, 0.717) is 5.92 Å². The molecular weight excluding hydrogens is 220 g/mol. The summed E-state index contributed by atoms with van der Waals surface area (Å²) in [6.07, 6.45) is 5.72. The Morgan fingerprint density at radius 1 is 1.17 bits per heavy atom. The predicted octanol–water partition coefficient (Wildman–Crippen LogP) is 4.00. The maximum atomic E-state index is 4.48. The van der Waals surface area contributed by atoms with Gasteiger partial charge in [-0.05, 0) is 42.9 Å². The summed E-state index contributed by atoms with van der Waals surface area (Å²) < 4.78 is 0. The number of fused-ring (bicyclic) bond motifs is 1. The largest absolute Gasteiger partial charge is 0.342 e. The number of aryl methyl sites for hydroxylation is 1. The summed E-state index contributed by atoms with van der Waals surface area (Å²) in [6, 6.07) is 4.49. The molecule has 0 amide bonds. The summed E-state index contributed by atoms with van der Waals surface area (Å²) in [5, 5.41) is 0. The maximum Gasteiger partial charge on any atom is 0.109 e. The molecule has 1 aromatic carbocycles. The number of nitrogens with one attached hydrogen (secondary N) is 1. The average Bonchev–Trinajstić information content (AvgIpc) is 2.98. The van der Waals surface area contributed by atoms with Crippen LogP contribution in [0.25, 0.3) is 11.3 Å². The molecule has 0 fully saturated rings. The van der Waals surface area contributed by atoms with Gasteiger partial charge < -0.3 is 4.98 Å². The predicted molar refractivity (Wildman–Crippen MR) is 74.9 cm³/mol. The van der Waals surface area contributed by atoms with Crippen molar-refractivity contribution in [1.82, 2.24) is 9.97 Å². The minimum Gasteiger partial charge on any atom is -0.342 e. The Balaban J connectivity index is 2.09. The number of imidazole rings is 1. The van der Waals surface area contributed by atoms with Crippen LogP contribution in [0, 0.1) is 6.92 Å². The van der Waals surface area contributed by atoms with Crippen LogP contribution in [-0.2, 0) is 12.8 Å². The minimum absolute atomic E-state index is 0.456. The Morgan fingerprint density at radius 3 is 2.67 bits per heavy atom. The van der Waals surface area contributed by atoms with E-state index in [0.717, 1.165) is 5.82 Å². The molecule has 2 heteroatoms. The van der Waals surface area contributed by atoms with E-state index in [9.17, 15) is 0 Å². The highest BCUT2D eigenvalue weighted by Crippen LogP contribution is 2.34. The monoisotopic (exact) mass is 240 g/mol. The van der Waals surface area contributed by atoms with Crippen LogP contribution in [0.2, 0.25) is 0 Å². The van der Waals surface area contributed by atoms with E-state index in [1.165, 1.54) is 41.6 Å². The first-order valence-corrected chi connectivity index (χ1v) is 6.83. The van der Waals surface area contributed by atoms with E-state index >= 15 is 0 Å². The first-order valence-electron chi connectivity index (χ1n) is 6.83. The fourth-order valence-corrected chi connectivity index (χ4v) is 2.90. The number of aromatic amines is 1. The molecule has 0 saturated carbocycles. The van der Waals surface area contributed by atoms with E-state index in [1.54, 1.807) is 5.56 Å². The Bertz CT molecular complexity index is 579. The van der Waals surface area contributed by atoms with E-state index in [1.807, 2.05) is 6.20 Å². The normalized spacial score (nSPS) is 14.2. The second kappa shape index (κ2) is 4.27. The van der Waals surface area contributed by atoms with Crippen molar-refractivity contribution in [3.05, 3.63) is 40.8 Å². The van der Waals surface area contributed by atoms with Crippen molar-refractivity contribution in [2.75, 3.05) is 0 Å². The van der Waals surface area contributed by atoms with Crippen molar-refractivity contribution in [2.45, 2.75) is 46.0 Å². The zero-order valence-corrected chi connectivity index (χ0v) is 11.4. The number of nitrogens with zero attached hydrogens (tertiary/aromatic N) is 1. The molecule has 0 bridgehead atoms. The van der Waals surface area contributed by atoms with Crippen LogP contribution < -0.4 is 0 Å². The lowest BCUT2D eigenvalue weighted by molar-refractivity contribution is 0.795. The SMILES string of the molecule is Cc1ccc(-c2cnc(C(C)C)[nH]2)c2c1CCC2. The average molecular weight is 240 g/mol. The van der Waals surface area contributed by atoms with Crippen LogP contribution in [0.5, 0.6) is 0 Å². The first kappa shape index (κ1) is 11.5. The van der Waals surface area contributed by atoms with Crippen LogP contribution in [-0.4, -0.2) is 9.97 Å². The molecule has 1 aromatic heterocycles. The fourth-order valence-electron chi connectivity index (χ4n) is 2.90. The molecule has 1 heterocycles. The molecule has 3 rings (SSSR count). The molecular formula is C16H20N2. The molecule has 1 N–H and O–H groups in total. The van der Waals surface area contributed by atoms with Gasteiger partial charge in [0.25, 0.3) is 0 Å². The number of benzene rings is 1. The van der Waals surface area contributed by atoms with E-state index < -0.39 is 0 Å². The van der Waals surface area contributed by atoms with E-state index in [2.05, 4.69) is 42.9 Å². The lowest BCUT2D eigenvalue weighted by Crippen LogP contribution is -1.93. The van der Waals surface area contributed by atoms with Gasteiger partial charge in [-0.3, -0.25) is 0 Å². The lowest BCUT2D eigenvalue weighted by Gasteiger charge is -2.09. The molecule has 0 saturated heterocycles. The van der Waals surface area contributed by atoms with E-state index in [-0.39, 0.29) is 0 Å². The quantitative estimate of drug-likeness (QED) is 0.844. The molecule has 1 aliphatic rings. The van der Waals surface area contributed by atoms with Crippen molar-refractivity contribution in [2.24, 2.45) is 0 Å². The number of rotatable bonds is 2. The maximum absolute atomic E-state index is 4.48. The van der Waals surface area contributed by atoms with Gasteiger partial charge in [-0.15, -0.1) is 0 Å². The molecule has 0 radical (unpaired) electrons. The minimum atomic E-state index is 0.456. The van der Waals surface area contributed by atoms with Gasteiger partial charge in [-0.2, -0.15) is 0 Å². The van der Waals surface area contributed by atoms with Gasteiger partial charge in [-0.25, -0.2) is 4.98 Å². The highest BCUT2D eigenvalue weighted by Gasteiger charge is 2.18. The molecule has 0 atom stereocenters. The van der Waals surface area contributed by atoms with Crippen molar-refractivity contribution in [3.63, 3.8) is 0 Å². The Labute approximate surface area is 108 Å². The second-order valence-corrected chi connectivity index (χ2v) is 5.58.